The molecule has 1 heterocycles. The van der Waals surface area contributed by atoms with E-state index in [0.29, 0.717) is 24.1 Å². The van der Waals surface area contributed by atoms with Gasteiger partial charge in [-0.25, -0.2) is 13.9 Å². The van der Waals surface area contributed by atoms with Crippen molar-refractivity contribution in [3.63, 3.8) is 0 Å². The van der Waals surface area contributed by atoms with Crippen molar-refractivity contribution >= 4 is 17.0 Å². The second-order valence-corrected chi connectivity index (χ2v) is 7.34. The number of aryl methyl sites for hydroxylation is 2. The van der Waals surface area contributed by atoms with Gasteiger partial charge in [0.05, 0.1) is 20.2 Å². The summed E-state index contributed by atoms with van der Waals surface area (Å²) in [5, 5.41) is 11.4. The number of halogens is 1. The van der Waals surface area contributed by atoms with Crippen molar-refractivity contribution < 1.29 is 36.2 Å². The Hall–Kier alpha value is -2.96. The van der Waals surface area contributed by atoms with E-state index in [1.54, 1.807) is 48.5 Å². The molecule has 1 N–H and O–H groups in total. The molecule has 0 saturated carbocycles. The second-order valence-electron chi connectivity index (χ2n) is 7.34. The number of imidazole rings is 1. The van der Waals surface area contributed by atoms with Gasteiger partial charge in [-0.3, -0.25) is 0 Å². The third kappa shape index (κ3) is 4.55. The fourth-order valence-corrected chi connectivity index (χ4v) is 3.78. The Kier molecular flexibility index (Phi) is 7.25. The lowest BCUT2D eigenvalue weighted by Crippen LogP contribution is -3.00. The quantitative estimate of drug-likeness (QED) is 0.235. The van der Waals surface area contributed by atoms with Crippen LogP contribution in [0.5, 0.6) is 0 Å². The Morgan fingerprint density at radius 3 is 2.10 bits per heavy atom. The number of esters is 1. The molecule has 31 heavy (non-hydrogen) atoms. The van der Waals surface area contributed by atoms with Gasteiger partial charge < -0.3 is 26.8 Å². The standard InChI is InChI=1S/C25H25N2O3.BrH/c1-26-19-27(23-16-9-8-15-22(23)26)17-10-18-30-24(28)25(29,20-11-4-2-5-12-20)21-13-6-3-7-14-21;/h2-9,11-16,19,29H,10,17-18H2,1H3;1H/q+1;/p-1. The van der Waals surface area contributed by atoms with Crippen molar-refractivity contribution in [3.05, 3.63) is 102 Å². The summed E-state index contributed by atoms with van der Waals surface area (Å²) in [6.45, 7) is 0.931. The molecule has 0 atom stereocenters. The van der Waals surface area contributed by atoms with Crippen molar-refractivity contribution in [2.75, 3.05) is 6.61 Å². The lowest BCUT2D eigenvalue weighted by Gasteiger charge is -2.27. The number of aliphatic hydroxyl groups is 1. The van der Waals surface area contributed by atoms with Gasteiger partial charge in [0.25, 0.3) is 0 Å². The van der Waals surface area contributed by atoms with Gasteiger partial charge in [-0.2, -0.15) is 0 Å². The van der Waals surface area contributed by atoms with Crippen LogP contribution in [0.2, 0.25) is 0 Å². The summed E-state index contributed by atoms with van der Waals surface area (Å²) in [7, 11) is 2.01. The van der Waals surface area contributed by atoms with Gasteiger partial charge in [-0.1, -0.05) is 72.8 Å². The molecule has 3 aromatic carbocycles. The number of rotatable bonds is 7. The van der Waals surface area contributed by atoms with Crippen molar-refractivity contribution in [1.29, 1.82) is 0 Å². The smallest absolute Gasteiger partial charge is 0.347 e. The monoisotopic (exact) mass is 480 g/mol. The molecule has 0 unspecified atom stereocenters. The predicted molar refractivity (Wildman–Crippen MR) is 115 cm³/mol. The van der Waals surface area contributed by atoms with Crippen molar-refractivity contribution in [2.24, 2.45) is 7.05 Å². The summed E-state index contributed by atoms with van der Waals surface area (Å²) in [4.78, 5) is 13.0. The molecule has 0 aliphatic rings. The summed E-state index contributed by atoms with van der Waals surface area (Å²) in [5.74, 6) is -0.664. The minimum atomic E-state index is -1.84. The highest BCUT2D eigenvalue weighted by molar-refractivity contribution is 5.85. The van der Waals surface area contributed by atoms with E-state index in [2.05, 4.69) is 21.3 Å². The Balaban J connectivity index is 0.00000272. The number of ether oxygens (including phenoxy) is 1. The summed E-state index contributed by atoms with van der Waals surface area (Å²) in [6.07, 6.45) is 2.68. The van der Waals surface area contributed by atoms with Crippen LogP contribution in [0.1, 0.15) is 17.5 Å². The Bertz CT molecular complexity index is 1100. The number of hydrogen-bond acceptors (Lipinski definition) is 3. The molecule has 1 aromatic heterocycles. The van der Waals surface area contributed by atoms with Crippen LogP contribution in [0.4, 0.5) is 0 Å². The highest BCUT2D eigenvalue weighted by Gasteiger charge is 2.41. The zero-order valence-corrected chi connectivity index (χ0v) is 18.9. The van der Waals surface area contributed by atoms with Crippen LogP contribution in [0, 0.1) is 0 Å². The van der Waals surface area contributed by atoms with Crippen LogP contribution in [-0.4, -0.2) is 22.2 Å². The number of aromatic nitrogens is 2. The predicted octanol–water partition coefficient (Wildman–Crippen LogP) is 0.339. The topological polar surface area (TPSA) is 55.3 Å². The normalized spacial score (nSPS) is 11.2. The maximum Gasteiger partial charge on any atom is 0.347 e. The van der Waals surface area contributed by atoms with Crippen LogP contribution in [-0.2, 0) is 28.7 Å². The van der Waals surface area contributed by atoms with E-state index in [1.165, 1.54) is 0 Å². The van der Waals surface area contributed by atoms with Gasteiger partial charge in [-0.05, 0) is 23.3 Å². The van der Waals surface area contributed by atoms with E-state index in [1.807, 2.05) is 37.6 Å². The molecular weight excluding hydrogens is 456 g/mol. The Morgan fingerprint density at radius 1 is 0.935 bits per heavy atom. The highest BCUT2D eigenvalue weighted by Crippen LogP contribution is 2.31. The molecule has 0 radical (unpaired) electrons. The van der Waals surface area contributed by atoms with Crippen LogP contribution < -0.4 is 21.5 Å². The van der Waals surface area contributed by atoms with Crippen LogP contribution in [0.3, 0.4) is 0 Å². The zero-order chi connectivity index (χ0) is 21.0. The number of carbonyl (C=O) groups excluding carboxylic acids is 1. The fourth-order valence-electron chi connectivity index (χ4n) is 3.78. The molecule has 0 amide bonds. The van der Waals surface area contributed by atoms with Gasteiger partial charge >= 0.3 is 5.97 Å². The van der Waals surface area contributed by atoms with E-state index in [0.717, 1.165) is 11.0 Å². The summed E-state index contributed by atoms with van der Waals surface area (Å²) >= 11 is 0. The molecule has 4 rings (SSSR count). The average molecular weight is 481 g/mol. The van der Waals surface area contributed by atoms with Gasteiger partial charge in [0.2, 0.25) is 11.9 Å². The maximum absolute atomic E-state index is 13.0. The van der Waals surface area contributed by atoms with Crippen molar-refractivity contribution in [2.45, 2.75) is 18.6 Å². The first kappa shape index (κ1) is 22.7. The van der Waals surface area contributed by atoms with E-state index in [9.17, 15) is 9.90 Å². The fraction of sp³-hybridized carbons (Fsp3) is 0.200. The third-order valence-corrected chi connectivity index (χ3v) is 5.34. The maximum atomic E-state index is 13.0. The third-order valence-electron chi connectivity index (χ3n) is 5.34. The first-order chi connectivity index (χ1) is 14.6. The number of para-hydroxylation sites is 2. The molecule has 6 heteroatoms. The largest absolute Gasteiger partial charge is 1.00 e. The summed E-state index contributed by atoms with van der Waals surface area (Å²) < 4.78 is 9.76. The van der Waals surface area contributed by atoms with Crippen molar-refractivity contribution in [3.8, 4) is 0 Å². The van der Waals surface area contributed by atoms with E-state index < -0.39 is 11.6 Å². The lowest BCUT2D eigenvalue weighted by molar-refractivity contribution is -0.645. The minimum absolute atomic E-state index is 0. The highest BCUT2D eigenvalue weighted by atomic mass is 79.9. The first-order valence-corrected chi connectivity index (χ1v) is 10.0. The van der Waals surface area contributed by atoms with Gasteiger partial charge in [0.15, 0.2) is 11.0 Å². The second kappa shape index (κ2) is 9.90. The first-order valence-electron chi connectivity index (χ1n) is 10.0. The van der Waals surface area contributed by atoms with E-state index in [4.69, 9.17) is 4.74 Å². The molecule has 0 aliphatic carbocycles. The van der Waals surface area contributed by atoms with Gasteiger partial charge in [-0.15, -0.1) is 0 Å². The lowest BCUT2D eigenvalue weighted by atomic mass is 9.86. The van der Waals surface area contributed by atoms with E-state index in [-0.39, 0.29) is 23.6 Å². The summed E-state index contributed by atoms with van der Waals surface area (Å²) in [5.41, 5.74) is 1.43. The Morgan fingerprint density at radius 2 is 1.48 bits per heavy atom. The van der Waals surface area contributed by atoms with Crippen molar-refractivity contribution in [1.82, 2.24) is 4.57 Å². The molecular formula is C25H25BrN2O3. The van der Waals surface area contributed by atoms with Crippen LogP contribution >= 0.6 is 0 Å². The average Bonchev–Trinajstić information content (AvgIpc) is 3.13. The summed E-state index contributed by atoms with van der Waals surface area (Å²) in [6, 6.07) is 26.0. The molecule has 4 aromatic rings. The number of benzene rings is 3. The minimum Gasteiger partial charge on any atom is -1.00 e. The number of nitrogens with zero attached hydrogens (tertiary/aromatic N) is 2. The molecule has 160 valence electrons. The zero-order valence-electron chi connectivity index (χ0n) is 17.3. The number of hydrogen-bond donors (Lipinski definition) is 1. The van der Waals surface area contributed by atoms with E-state index >= 15 is 0 Å². The SMILES string of the molecule is C[n+]1cn(CCCOC(=O)C(O)(c2ccccc2)c2ccccc2)c2ccccc21.[Br-]. The van der Waals surface area contributed by atoms with Crippen LogP contribution in [0.15, 0.2) is 91.3 Å². The molecule has 0 bridgehead atoms. The molecule has 0 saturated heterocycles. The van der Waals surface area contributed by atoms with Crippen LogP contribution in [0.25, 0.3) is 11.0 Å². The Labute approximate surface area is 192 Å². The van der Waals surface area contributed by atoms with Gasteiger partial charge in [0.1, 0.15) is 0 Å². The molecule has 5 nitrogen and oxygen atoms in total. The number of carbonyl (C=O) groups is 1. The van der Waals surface area contributed by atoms with Gasteiger partial charge in [0, 0.05) is 6.42 Å². The molecule has 0 aliphatic heterocycles. The molecule has 0 fully saturated rings. The number of fused-ring (bicyclic) bond motifs is 1. The molecule has 0 spiro atoms.